The largest absolute Gasteiger partial charge is 0.348 e. The van der Waals surface area contributed by atoms with Crippen LogP contribution in [0.25, 0.3) is 0 Å². The molecule has 8 heteroatoms. The molecule has 1 fully saturated rings. The first kappa shape index (κ1) is 15.7. The molecule has 2 atom stereocenters. The second kappa shape index (κ2) is 5.97. The van der Waals surface area contributed by atoms with Crippen molar-refractivity contribution in [2.24, 2.45) is 5.73 Å². The molecule has 0 radical (unpaired) electrons. The van der Waals surface area contributed by atoms with E-state index in [1.165, 1.54) is 0 Å². The Balaban J connectivity index is 2.31. The van der Waals surface area contributed by atoms with Crippen molar-refractivity contribution in [3.63, 3.8) is 0 Å². The van der Waals surface area contributed by atoms with Crippen LogP contribution in [0.1, 0.15) is 36.0 Å². The Morgan fingerprint density at radius 1 is 0.905 bits per heavy atom. The van der Waals surface area contributed by atoms with Crippen molar-refractivity contribution < 1.29 is 26.7 Å². The van der Waals surface area contributed by atoms with E-state index in [1.54, 1.807) is 0 Å². The summed E-state index contributed by atoms with van der Waals surface area (Å²) in [7, 11) is 0. The quantitative estimate of drug-likeness (QED) is 0.501. The maximum atomic E-state index is 13.5. The summed E-state index contributed by atoms with van der Waals surface area (Å²) >= 11 is 0. The Bertz CT molecular complexity index is 549. The van der Waals surface area contributed by atoms with Gasteiger partial charge in [0.05, 0.1) is 0 Å². The van der Waals surface area contributed by atoms with Crippen molar-refractivity contribution in [3.05, 3.63) is 34.6 Å². The highest BCUT2D eigenvalue weighted by Gasteiger charge is 2.32. The minimum Gasteiger partial charge on any atom is -0.348 e. The molecule has 21 heavy (non-hydrogen) atoms. The standard InChI is InChI=1S/C13H13F5N2O/c14-8-7(9(15)11(17)12(18)10(8)16)13(21)20-6-4-2-1-3-5(6)19/h5-6H,1-4,19H2,(H,20,21). The van der Waals surface area contributed by atoms with Crippen LogP contribution in [-0.2, 0) is 0 Å². The Labute approximate surface area is 117 Å². The van der Waals surface area contributed by atoms with Crippen LogP contribution < -0.4 is 11.1 Å². The molecular weight excluding hydrogens is 295 g/mol. The van der Waals surface area contributed by atoms with Crippen molar-refractivity contribution >= 4 is 5.91 Å². The fraction of sp³-hybridized carbons (Fsp3) is 0.462. The smallest absolute Gasteiger partial charge is 0.257 e. The third-order valence-corrected chi connectivity index (χ3v) is 3.57. The monoisotopic (exact) mass is 308 g/mol. The van der Waals surface area contributed by atoms with E-state index in [-0.39, 0.29) is 0 Å². The van der Waals surface area contributed by atoms with Gasteiger partial charge in [-0.25, -0.2) is 22.0 Å². The summed E-state index contributed by atoms with van der Waals surface area (Å²) in [6.45, 7) is 0. The van der Waals surface area contributed by atoms with Gasteiger partial charge in [0.1, 0.15) is 5.56 Å². The summed E-state index contributed by atoms with van der Waals surface area (Å²) in [5.41, 5.74) is 4.27. The molecule has 1 aliphatic rings. The van der Waals surface area contributed by atoms with Crippen molar-refractivity contribution in [2.45, 2.75) is 37.8 Å². The maximum absolute atomic E-state index is 13.5. The fourth-order valence-corrected chi connectivity index (χ4v) is 2.38. The highest BCUT2D eigenvalue weighted by atomic mass is 19.2. The molecule has 3 nitrogen and oxygen atoms in total. The average molecular weight is 308 g/mol. The summed E-state index contributed by atoms with van der Waals surface area (Å²) in [6.07, 6.45) is 2.72. The molecule has 1 aromatic carbocycles. The van der Waals surface area contributed by atoms with Gasteiger partial charge in [0, 0.05) is 12.1 Å². The van der Waals surface area contributed by atoms with Gasteiger partial charge in [0.25, 0.3) is 5.91 Å². The number of benzene rings is 1. The Kier molecular flexibility index (Phi) is 4.46. The van der Waals surface area contributed by atoms with E-state index in [0.717, 1.165) is 12.8 Å². The van der Waals surface area contributed by atoms with Gasteiger partial charge in [0.2, 0.25) is 5.82 Å². The number of hydrogen-bond acceptors (Lipinski definition) is 2. The molecule has 0 aromatic heterocycles. The predicted molar refractivity (Wildman–Crippen MR) is 63.9 cm³/mol. The second-order valence-electron chi connectivity index (χ2n) is 4.97. The SMILES string of the molecule is NC1CCCCC1NC(=O)c1c(F)c(F)c(F)c(F)c1F. The third-order valence-electron chi connectivity index (χ3n) is 3.57. The molecule has 0 spiro atoms. The number of nitrogens with two attached hydrogens (primary N) is 1. The summed E-state index contributed by atoms with van der Waals surface area (Å²) in [5, 5.41) is 2.24. The van der Waals surface area contributed by atoms with E-state index in [2.05, 4.69) is 5.32 Å². The van der Waals surface area contributed by atoms with E-state index in [4.69, 9.17) is 5.73 Å². The zero-order valence-corrected chi connectivity index (χ0v) is 10.9. The number of halogens is 5. The highest BCUT2D eigenvalue weighted by Crippen LogP contribution is 2.24. The minimum absolute atomic E-state index is 0.413. The normalized spacial score (nSPS) is 22.2. The lowest BCUT2D eigenvalue weighted by Gasteiger charge is -2.29. The summed E-state index contributed by atoms with van der Waals surface area (Å²) < 4.78 is 66.0. The topological polar surface area (TPSA) is 55.1 Å². The molecule has 1 amide bonds. The molecule has 1 aliphatic carbocycles. The Morgan fingerprint density at radius 2 is 1.38 bits per heavy atom. The van der Waals surface area contributed by atoms with E-state index in [0.29, 0.717) is 12.8 Å². The average Bonchev–Trinajstić information content (AvgIpc) is 2.46. The second-order valence-corrected chi connectivity index (χ2v) is 4.97. The zero-order valence-electron chi connectivity index (χ0n) is 10.9. The Hall–Kier alpha value is -1.70. The lowest BCUT2D eigenvalue weighted by Crippen LogP contribution is -2.49. The van der Waals surface area contributed by atoms with E-state index >= 15 is 0 Å². The number of nitrogens with one attached hydrogen (secondary N) is 1. The molecule has 2 rings (SSSR count). The van der Waals surface area contributed by atoms with Gasteiger partial charge in [-0.1, -0.05) is 12.8 Å². The summed E-state index contributed by atoms with van der Waals surface area (Å²) in [5.74, 6) is -12.2. The van der Waals surface area contributed by atoms with Crippen LogP contribution in [0.2, 0.25) is 0 Å². The van der Waals surface area contributed by atoms with Gasteiger partial charge < -0.3 is 11.1 Å². The van der Waals surface area contributed by atoms with Gasteiger partial charge in [0.15, 0.2) is 23.3 Å². The van der Waals surface area contributed by atoms with Crippen LogP contribution in [0.4, 0.5) is 22.0 Å². The molecular formula is C13H13F5N2O. The van der Waals surface area contributed by atoms with E-state index in [9.17, 15) is 26.7 Å². The number of rotatable bonds is 2. The predicted octanol–water partition coefficient (Wildman–Crippen LogP) is 2.38. The van der Waals surface area contributed by atoms with Crippen LogP contribution in [0.3, 0.4) is 0 Å². The van der Waals surface area contributed by atoms with Crippen molar-refractivity contribution in [3.8, 4) is 0 Å². The molecule has 116 valence electrons. The number of carbonyl (C=O) groups excluding carboxylic acids is 1. The van der Waals surface area contributed by atoms with Gasteiger partial charge in [-0.05, 0) is 12.8 Å². The van der Waals surface area contributed by atoms with E-state index < -0.39 is 52.6 Å². The first-order valence-corrected chi connectivity index (χ1v) is 6.42. The maximum Gasteiger partial charge on any atom is 0.257 e. The van der Waals surface area contributed by atoms with Crippen LogP contribution in [0, 0.1) is 29.1 Å². The molecule has 0 aliphatic heterocycles. The van der Waals surface area contributed by atoms with Crippen molar-refractivity contribution in [2.75, 3.05) is 0 Å². The molecule has 1 saturated carbocycles. The number of amides is 1. The number of hydrogen-bond donors (Lipinski definition) is 2. The molecule has 0 saturated heterocycles. The summed E-state index contributed by atoms with van der Waals surface area (Å²) in [6, 6.07) is -0.967. The van der Waals surface area contributed by atoms with Crippen molar-refractivity contribution in [1.29, 1.82) is 0 Å². The molecule has 0 bridgehead atoms. The zero-order chi connectivity index (χ0) is 15.7. The van der Waals surface area contributed by atoms with Gasteiger partial charge >= 0.3 is 0 Å². The minimum atomic E-state index is -2.30. The number of carbonyl (C=O) groups is 1. The summed E-state index contributed by atoms with van der Waals surface area (Å²) in [4.78, 5) is 11.8. The Morgan fingerprint density at radius 3 is 1.90 bits per heavy atom. The van der Waals surface area contributed by atoms with Crippen molar-refractivity contribution in [1.82, 2.24) is 5.32 Å². The van der Waals surface area contributed by atoms with Gasteiger partial charge in [-0.3, -0.25) is 4.79 Å². The first-order chi connectivity index (χ1) is 9.84. The highest BCUT2D eigenvalue weighted by molar-refractivity contribution is 5.95. The van der Waals surface area contributed by atoms with Crippen LogP contribution >= 0.6 is 0 Å². The molecule has 0 heterocycles. The van der Waals surface area contributed by atoms with Crippen LogP contribution in [0.15, 0.2) is 0 Å². The lowest BCUT2D eigenvalue weighted by atomic mass is 9.91. The van der Waals surface area contributed by atoms with E-state index in [1.807, 2.05) is 0 Å². The van der Waals surface area contributed by atoms with Gasteiger partial charge in [-0.15, -0.1) is 0 Å². The molecule has 2 unspecified atom stereocenters. The van der Waals surface area contributed by atoms with Crippen LogP contribution in [-0.4, -0.2) is 18.0 Å². The lowest BCUT2D eigenvalue weighted by molar-refractivity contribution is 0.0909. The fourth-order valence-electron chi connectivity index (χ4n) is 2.38. The third kappa shape index (κ3) is 2.85. The molecule has 3 N–H and O–H groups in total. The van der Waals surface area contributed by atoms with Crippen LogP contribution in [0.5, 0.6) is 0 Å². The molecule has 1 aromatic rings. The van der Waals surface area contributed by atoms with Gasteiger partial charge in [-0.2, -0.15) is 0 Å². The first-order valence-electron chi connectivity index (χ1n) is 6.42.